The van der Waals surface area contributed by atoms with Crippen molar-refractivity contribution in [2.24, 2.45) is 16.8 Å². The highest BCUT2D eigenvalue weighted by atomic mass is 16.5. The smallest absolute Gasteiger partial charge is 0.170 e. The first kappa shape index (κ1) is 12.4. The quantitative estimate of drug-likeness (QED) is 0.347. The van der Waals surface area contributed by atoms with E-state index in [1.54, 1.807) is 12.1 Å². The SMILES string of the molecule is CCC(C)COc1cccc(C(N)=NO)c1. The Morgan fingerprint density at radius 3 is 2.94 bits per heavy atom. The predicted octanol–water partition coefficient (Wildman–Crippen LogP) is 2.21. The van der Waals surface area contributed by atoms with Gasteiger partial charge < -0.3 is 15.7 Å². The molecule has 4 heteroatoms. The van der Waals surface area contributed by atoms with Crippen LogP contribution in [0.4, 0.5) is 0 Å². The van der Waals surface area contributed by atoms with Crippen molar-refractivity contribution in [3.63, 3.8) is 0 Å². The number of nitrogens with zero attached hydrogens (tertiary/aromatic N) is 1. The first-order chi connectivity index (χ1) is 7.67. The number of ether oxygens (including phenoxy) is 1. The van der Waals surface area contributed by atoms with Gasteiger partial charge in [0.2, 0.25) is 0 Å². The van der Waals surface area contributed by atoms with Gasteiger partial charge in [-0.25, -0.2) is 0 Å². The summed E-state index contributed by atoms with van der Waals surface area (Å²) in [5, 5.41) is 11.5. The van der Waals surface area contributed by atoms with E-state index in [1.807, 2.05) is 12.1 Å². The Morgan fingerprint density at radius 2 is 2.31 bits per heavy atom. The van der Waals surface area contributed by atoms with Crippen LogP contribution >= 0.6 is 0 Å². The molecule has 1 rings (SSSR count). The summed E-state index contributed by atoms with van der Waals surface area (Å²) in [6.07, 6.45) is 1.08. The Balaban J connectivity index is 2.68. The molecule has 0 radical (unpaired) electrons. The van der Waals surface area contributed by atoms with Gasteiger partial charge in [-0.2, -0.15) is 0 Å². The predicted molar refractivity (Wildman–Crippen MR) is 63.9 cm³/mol. The minimum Gasteiger partial charge on any atom is -0.493 e. The maximum Gasteiger partial charge on any atom is 0.170 e. The molecule has 16 heavy (non-hydrogen) atoms. The number of nitrogens with two attached hydrogens (primary N) is 1. The highest BCUT2D eigenvalue weighted by Crippen LogP contribution is 2.14. The molecule has 0 aliphatic rings. The lowest BCUT2D eigenvalue weighted by atomic mass is 10.1. The van der Waals surface area contributed by atoms with Crippen LogP contribution in [0.3, 0.4) is 0 Å². The van der Waals surface area contributed by atoms with Gasteiger partial charge in [0.25, 0.3) is 0 Å². The van der Waals surface area contributed by atoms with E-state index in [-0.39, 0.29) is 5.84 Å². The summed E-state index contributed by atoms with van der Waals surface area (Å²) in [6, 6.07) is 7.21. The molecule has 0 amide bonds. The maximum absolute atomic E-state index is 8.56. The monoisotopic (exact) mass is 222 g/mol. The highest BCUT2D eigenvalue weighted by molar-refractivity contribution is 5.97. The fourth-order valence-electron chi connectivity index (χ4n) is 1.16. The lowest BCUT2D eigenvalue weighted by Gasteiger charge is -2.11. The Morgan fingerprint density at radius 1 is 1.56 bits per heavy atom. The van der Waals surface area contributed by atoms with Crippen molar-refractivity contribution in [1.82, 2.24) is 0 Å². The van der Waals surface area contributed by atoms with Gasteiger partial charge in [-0.1, -0.05) is 37.6 Å². The number of rotatable bonds is 5. The summed E-state index contributed by atoms with van der Waals surface area (Å²) in [5.74, 6) is 1.35. The molecular weight excluding hydrogens is 204 g/mol. The Kier molecular flexibility index (Phi) is 4.64. The molecule has 1 aromatic rings. The average molecular weight is 222 g/mol. The molecule has 0 aliphatic carbocycles. The van der Waals surface area contributed by atoms with Crippen LogP contribution in [-0.4, -0.2) is 17.6 Å². The van der Waals surface area contributed by atoms with Crippen molar-refractivity contribution >= 4 is 5.84 Å². The second-order valence-corrected chi connectivity index (χ2v) is 3.84. The van der Waals surface area contributed by atoms with Crippen LogP contribution in [-0.2, 0) is 0 Å². The van der Waals surface area contributed by atoms with E-state index in [0.717, 1.165) is 12.2 Å². The van der Waals surface area contributed by atoms with Crippen LogP contribution in [0.2, 0.25) is 0 Å². The summed E-state index contributed by atoms with van der Waals surface area (Å²) in [5.41, 5.74) is 6.15. The maximum atomic E-state index is 8.56. The van der Waals surface area contributed by atoms with Gasteiger partial charge in [0.1, 0.15) is 5.75 Å². The molecule has 1 unspecified atom stereocenters. The van der Waals surface area contributed by atoms with E-state index in [9.17, 15) is 0 Å². The van der Waals surface area contributed by atoms with Gasteiger partial charge in [-0.3, -0.25) is 0 Å². The molecule has 0 saturated heterocycles. The minimum absolute atomic E-state index is 0.0917. The number of oxime groups is 1. The van der Waals surface area contributed by atoms with E-state index in [1.165, 1.54) is 0 Å². The molecule has 3 N–H and O–H groups in total. The zero-order chi connectivity index (χ0) is 12.0. The van der Waals surface area contributed by atoms with E-state index < -0.39 is 0 Å². The Labute approximate surface area is 95.7 Å². The van der Waals surface area contributed by atoms with Crippen LogP contribution < -0.4 is 10.5 Å². The highest BCUT2D eigenvalue weighted by Gasteiger charge is 2.03. The van der Waals surface area contributed by atoms with Crippen LogP contribution in [0.1, 0.15) is 25.8 Å². The fraction of sp³-hybridized carbons (Fsp3) is 0.417. The number of amidine groups is 1. The summed E-state index contributed by atoms with van der Waals surface area (Å²) < 4.78 is 5.60. The van der Waals surface area contributed by atoms with Crippen LogP contribution in [0, 0.1) is 5.92 Å². The molecule has 1 aromatic carbocycles. The number of benzene rings is 1. The molecule has 0 aliphatic heterocycles. The molecule has 88 valence electrons. The van der Waals surface area contributed by atoms with E-state index in [0.29, 0.717) is 18.1 Å². The van der Waals surface area contributed by atoms with Gasteiger partial charge in [-0.15, -0.1) is 0 Å². The van der Waals surface area contributed by atoms with Crippen molar-refractivity contribution in [2.75, 3.05) is 6.61 Å². The third-order valence-electron chi connectivity index (χ3n) is 2.47. The third kappa shape index (κ3) is 3.46. The molecular formula is C12H18N2O2. The topological polar surface area (TPSA) is 67.8 Å². The Bertz CT molecular complexity index is 364. The largest absolute Gasteiger partial charge is 0.493 e. The molecule has 0 spiro atoms. The molecule has 0 heterocycles. The van der Waals surface area contributed by atoms with E-state index in [4.69, 9.17) is 15.7 Å². The summed E-state index contributed by atoms with van der Waals surface area (Å²) in [4.78, 5) is 0. The molecule has 0 aromatic heterocycles. The zero-order valence-electron chi connectivity index (χ0n) is 9.68. The van der Waals surface area contributed by atoms with Crippen molar-refractivity contribution in [2.45, 2.75) is 20.3 Å². The van der Waals surface area contributed by atoms with Gasteiger partial charge >= 0.3 is 0 Å². The standard InChI is InChI=1S/C12H18N2O2/c1-3-9(2)8-16-11-6-4-5-10(7-11)12(13)14-15/h4-7,9,15H,3,8H2,1-2H3,(H2,13,14). The summed E-state index contributed by atoms with van der Waals surface area (Å²) in [6.45, 7) is 4.93. The lowest BCUT2D eigenvalue weighted by molar-refractivity contribution is 0.256. The van der Waals surface area contributed by atoms with Crippen molar-refractivity contribution in [3.8, 4) is 5.75 Å². The molecule has 4 nitrogen and oxygen atoms in total. The fourth-order valence-corrected chi connectivity index (χ4v) is 1.16. The molecule has 0 bridgehead atoms. The first-order valence-electron chi connectivity index (χ1n) is 5.38. The summed E-state index contributed by atoms with van der Waals surface area (Å²) >= 11 is 0. The number of hydrogen-bond donors (Lipinski definition) is 2. The molecule has 0 fully saturated rings. The van der Waals surface area contributed by atoms with E-state index in [2.05, 4.69) is 19.0 Å². The zero-order valence-corrected chi connectivity index (χ0v) is 9.68. The average Bonchev–Trinajstić information content (AvgIpc) is 2.35. The third-order valence-corrected chi connectivity index (χ3v) is 2.47. The molecule has 0 saturated carbocycles. The van der Waals surface area contributed by atoms with Crippen molar-refractivity contribution < 1.29 is 9.94 Å². The van der Waals surface area contributed by atoms with Crippen molar-refractivity contribution in [3.05, 3.63) is 29.8 Å². The van der Waals surface area contributed by atoms with Crippen molar-refractivity contribution in [1.29, 1.82) is 0 Å². The first-order valence-corrected chi connectivity index (χ1v) is 5.38. The van der Waals surface area contributed by atoms with Crippen LogP contribution in [0.15, 0.2) is 29.4 Å². The van der Waals surface area contributed by atoms with Gasteiger partial charge in [0.05, 0.1) is 6.61 Å². The van der Waals surface area contributed by atoms with Gasteiger partial charge in [-0.05, 0) is 18.1 Å². The lowest BCUT2D eigenvalue weighted by Crippen LogP contribution is -2.13. The molecule has 1 atom stereocenters. The van der Waals surface area contributed by atoms with Gasteiger partial charge in [0, 0.05) is 5.56 Å². The van der Waals surface area contributed by atoms with Crippen LogP contribution in [0.5, 0.6) is 5.75 Å². The number of hydrogen-bond acceptors (Lipinski definition) is 3. The van der Waals surface area contributed by atoms with Crippen LogP contribution in [0.25, 0.3) is 0 Å². The summed E-state index contributed by atoms with van der Waals surface area (Å²) in [7, 11) is 0. The van der Waals surface area contributed by atoms with Gasteiger partial charge in [0.15, 0.2) is 5.84 Å². The van der Waals surface area contributed by atoms with E-state index >= 15 is 0 Å². The normalized spacial score (nSPS) is 13.5. The Hall–Kier alpha value is -1.71. The second kappa shape index (κ2) is 6.00. The second-order valence-electron chi connectivity index (χ2n) is 3.84. The minimum atomic E-state index is 0.0917.